The Labute approximate surface area is 196 Å². The monoisotopic (exact) mass is 489 g/mol. The summed E-state index contributed by atoms with van der Waals surface area (Å²) < 4.78 is 40.2. The van der Waals surface area contributed by atoms with Gasteiger partial charge < -0.3 is 13.9 Å². The molecule has 0 heterocycles. The first-order valence-corrected chi connectivity index (χ1v) is 15.4. The van der Waals surface area contributed by atoms with Crippen LogP contribution in [0.3, 0.4) is 0 Å². The van der Waals surface area contributed by atoms with Gasteiger partial charge in [-0.05, 0) is 25.0 Å². The molecule has 0 atom stereocenters. The highest BCUT2D eigenvalue weighted by atomic mass is 32.2. The predicted octanol–water partition coefficient (Wildman–Crippen LogP) is 7.85. The van der Waals surface area contributed by atoms with Gasteiger partial charge in [-0.1, -0.05) is 113 Å². The van der Waals surface area contributed by atoms with Crippen molar-refractivity contribution in [2.45, 2.75) is 109 Å². The van der Waals surface area contributed by atoms with Crippen LogP contribution >= 0.6 is 7.74 Å². The zero-order valence-corrected chi connectivity index (χ0v) is 21.8. The van der Waals surface area contributed by atoms with Crippen LogP contribution in [0.2, 0.25) is 0 Å². The van der Waals surface area contributed by atoms with Crippen LogP contribution in [0.5, 0.6) is 0 Å². The van der Waals surface area contributed by atoms with Gasteiger partial charge in [0.2, 0.25) is 0 Å². The van der Waals surface area contributed by atoms with Crippen LogP contribution in [0, 0.1) is 0 Å². The first-order valence-electron chi connectivity index (χ1n) is 12.4. The third kappa shape index (κ3) is 13.7. The molecule has 6 nitrogen and oxygen atoms in total. The SMILES string of the molecule is CCCCCCCCCOP(O)(=NS(=O)(=O)c1ccccc1)OCCCCCCCCC. The zero-order chi connectivity index (χ0) is 23.5. The molecule has 1 aromatic rings. The summed E-state index contributed by atoms with van der Waals surface area (Å²) in [5.41, 5.74) is 0. The highest BCUT2D eigenvalue weighted by Crippen LogP contribution is 2.49. The molecule has 1 rings (SSSR count). The van der Waals surface area contributed by atoms with Crippen molar-refractivity contribution < 1.29 is 22.4 Å². The summed E-state index contributed by atoms with van der Waals surface area (Å²) in [7, 11) is -7.91. The number of rotatable bonds is 20. The Kier molecular flexibility index (Phi) is 16.2. The van der Waals surface area contributed by atoms with E-state index in [9.17, 15) is 13.3 Å². The molecule has 8 heteroatoms. The summed E-state index contributed by atoms with van der Waals surface area (Å²) in [5, 5.41) is 0. The molecule has 0 saturated heterocycles. The summed E-state index contributed by atoms with van der Waals surface area (Å²) in [6.45, 7) is 4.86. The van der Waals surface area contributed by atoms with E-state index >= 15 is 0 Å². The van der Waals surface area contributed by atoms with Crippen LogP contribution in [0.1, 0.15) is 104 Å². The van der Waals surface area contributed by atoms with Crippen LogP contribution in [0.25, 0.3) is 0 Å². The Hall–Kier alpha value is -0.720. The fourth-order valence-electron chi connectivity index (χ4n) is 3.35. The molecule has 0 aromatic heterocycles. The van der Waals surface area contributed by atoms with Crippen molar-refractivity contribution in [2.24, 2.45) is 4.15 Å². The van der Waals surface area contributed by atoms with E-state index < -0.39 is 17.8 Å². The molecule has 0 bridgehead atoms. The van der Waals surface area contributed by atoms with Crippen molar-refractivity contribution in [1.29, 1.82) is 0 Å². The molecule has 0 amide bonds. The van der Waals surface area contributed by atoms with E-state index in [1.54, 1.807) is 18.2 Å². The minimum Gasteiger partial charge on any atom is -0.318 e. The third-order valence-electron chi connectivity index (χ3n) is 5.27. The maximum Gasteiger partial charge on any atom is 0.368 e. The van der Waals surface area contributed by atoms with E-state index in [1.807, 2.05) is 0 Å². The molecule has 0 spiro atoms. The van der Waals surface area contributed by atoms with Crippen molar-refractivity contribution in [2.75, 3.05) is 13.2 Å². The van der Waals surface area contributed by atoms with Crippen LogP contribution in [0.15, 0.2) is 39.4 Å². The highest BCUT2D eigenvalue weighted by molar-refractivity contribution is 7.93. The maximum absolute atomic E-state index is 12.7. The lowest BCUT2D eigenvalue weighted by atomic mass is 10.1. The van der Waals surface area contributed by atoms with Gasteiger partial charge >= 0.3 is 7.74 Å². The Morgan fingerprint density at radius 3 is 1.56 bits per heavy atom. The number of sulfonamides is 1. The van der Waals surface area contributed by atoms with Crippen LogP contribution in [-0.2, 0) is 19.1 Å². The summed E-state index contributed by atoms with van der Waals surface area (Å²) in [5.74, 6) is 0. The van der Waals surface area contributed by atoms with Crippen LogP contribution in [0.4, 0.5) is 0 Å². The van der Waals surface area contributed by atoms with E-state index in [1.165, 1.54) is 63.5 Å². The van der Waals surface area contributed by atoms with Crippen molar-refractivity contribution in [1.82, 2.24) is 0 Å². The van der Waals surface area contributed by atoms with Gasteiger partial charge in [0.15, 0.2) is 0 Å². The Balaban J connectivity index is 2.61. The van der Waals surface area contributed by atoms with Crippen LogP contribution in [-0.4, -0.2) is 26.5 Å². The van der Waals surface area contributed by atoms with E-state index in [2.05, 4.69) is 18.0 Å². The minimum atomic E-state index is -4.06. The number of hydrogen-bond acceptors (Lipinski definition) is 4. The van der Waals surface area contributed by atoms with Gasteiger partial charge in [0.1, 0.15) is 0 Å². The average molecular weight is 490 g/mol. The van der Waals surface area contributed by atoms with Gasteiger partial charge in [-0.25, -0.2) is 0 Å². The second-order valence-corrected chi connectivity index (χ2v) is 11.8. The number of hydrogen-bond donors (Lipinski definition) is 1. The maximum atomic E-state index is 12.7. The topological polar surface area (TPSA) is 85.2 Å². The quantitative estimate of drug-likeness (QED) is 0.149. The number of benzene rings is 1. The Morgan fingerprint density at radius 2 is 1.12 bits per heavy atom. The number of nitrogens with zero attached hydrogens (tertiary/aromatic N) is 1. The molecule has 0 aliphatic heterocycles. The molecule has 0 radical (unpaired) electrons. The lowest BCUT2D eigenvalue weighted by Crippen LogP contribution is -2.04. The smallest absolute Gasteiger partial charge is 0.318 e. The summed E-state index contributed by atoms with van der Waals surface area (Å²) in [6, 6.07) is 7.89. The second-order valence-electron chi connectivity index (χ2n) is 8.27. The molecule has 0 fully saturated rings. The first kappa shape index (κ1) is 29.3. The zero-order valence-electron chi connectivity index (χ0n) is 20.1. The third-order valence-corrected chi connectivity index (χ3v) is 8.86. The van der Waals surface area contributed by atoms with Gasteiger partial charge in [-0.2, -0.15) is 8.42 Å². The van der Waals surface area contributed by atoms with Gasteiger partial charge in [0, 0.05) is 0 Å². The van der Waals surface area contributed by atoms with E-state index in [4.69, 9.17) is 9.05 Å². The lowest BCUT2D eigenvalue weighted by molar-refractivity contribution is 0.182. The summed E-state index contributed by atoms with van der Waals surface area (Å²) in [4.78, 5) is 10.9. The van der Waals surface area contributed by atoms with E-state index in [-0.39, 0.29) is 18.1 Å². The molecule has 0 aliphatic carbocycles. The molecule has 0 unspecified atom stereocenters. The average Bonchev–Trinajstić information content (AvgIpc) is 2.78. The first-order chi connectivity index (χ1) is 15.4. The standard InChI is InChI=1S/C24H44NO5PS/c1-3-5-7-9-11-13-18-22-29-31(26,30-23-19-14-12-10-8-6-4-2)25-32(27,28)24-20-16-15-17-21-24/h15-17,20-21,26H,3-14,18-19,22-23H2,1-2H3. The molecular weight excluding hydrogens is 445 g/mol. The van der Waals surface area contributed by atoms with Gasteiger partial charge in [-0.3, -0.25) is 0 Å². The lowest BCUT2D eigenvalue weighted by Gasteiger charge is -2.18. The molecule has 186 valence electrons. The molecular formula is C24H44NO5PS. The fourth-order valence-corrected chi connectivity index (χ4v) is 6.50. The normalized spacial score (nSPS) is 12.2. The Morgan fingerprint density at radius 1 is 0.719 bits per heavy atom. The van der Waals surface area contributed by atoms with Gasteiger partial charge in [0.05, 0.1) is 18.1 Å². The van der Waals surface area contributed by atoms with Gasteiger partial charge in [0.25, 0.3) is 10.0 Å². The minimum absolute atomic E-state index is 0.0254. The van der Waals surface area contributed by atoms with Crippen molar-refractivity contribution in [3.63, 3.8) is 0 Å². The largest absolute Gasteiger partial charge is 0.368 e. The second kappa shape index (κ2) is 17.7. The highest BCUT2D eigenvalue weighted by Gasteiger charge is 2.25. The van der Waals surface area contributed by atoms with Crippen molar-refractivity contribution in [3.05, 3.63) is 30.3 Å². The molecule has 0 aliphatic rings. The molecule has 0 saturated carbocycles. The number of unbranched alkanes of at least 4 members (excludes halogenated alkanes) is 12. The Bertz CT molecular complexity index is 716. The fraction of sp³-hybridized carbons (Fsp3) is 0.750. The summed E-state index contributed by atoms with van der Waals surface area (Å²) in [6.07, 6.45) is 15.5. The van der Waals surface area contributed by atoms with Crippen molar-refractivity contribution in [3.8, 4) is 0 Å². The predicted molar refractivity (Wildman–Crippen MR) is 133 cm³/mol. The molecule has 1 N–H and O–H groups in total. The summed E-state index contributed by atoms with van der Waals surface area (Å²) >= 11 is 0. The van der Waals surface area contributed by atoms with E-state index in [0.717, 1.165) is 38.5 Å². The molecule has 32 heavy (non-hydrogen) atoms. The van der Waals surface area contributed by atoms with Crippen LogP contribution < -0.4 is 0 Å². The van der Waals surface area contributed by atoms with Gasteiger partial charge in [-0.15, -0.1) is 0 Å². The van der Waals surface area contributed by atoms with Crippen molar-refractivity contribution >= 4 is 17.8 Å². The van der Waals surface area contributed by atoms with E-state index in [0.29, 0.717) is 0 Å². The molecule has 1 aromatic carbocycles.